The number of epoxide rings is 1. The summed E-state index contributed by atoms with van der Waals surface area (Å²) < 4.78 is 6.36. The smallest absolute Gasteiger partial charge is 0.142 e. The summed E-state index contributed by atoms with van der Waals surface area (Å²) in [5.74, 6) is 3.64. The van der Waals surface area contributed by atoms with Gasteiger partial charge >= 0.3 is 0 Å². The van der Waals surface area contributed by atoms with E-state index in [2.05, 4.69) is 34.6 Å². The zero-order chi connectivity index (χ0) is 15.9. The maximum Gasteiger partial charge on any atom is 0.142 e. The van der Waals surface area contributed by atoms with E-state index in [4.69, 9.17) is 4.74 Å². The summed E-state index contributed by atoms with van der Waals surface area (Å²) in [7, 11) is 0. The lowest BCUT2D eigenvalue weighted by Crippen LogP contribution is -2.42. The highest BCUT2D eigenvalue weighted by molar-refractivity contribution is 5.89. The molecule has 2 heteroatoms. The van der Waals surface area contributed by atoms with Crippen LogP contribution in [-0.4, -0.2) is 17.0 Å². The van der Waals surface area contributed by atoms with E-state index < -0.39 is 0 Å². The lowest BCUT2D eigenvalue weighted by Gasteiger charge is -2.42. The Labute approximate surface area is 135 Å². The third-order valence-corrected chi connectivity index (χ3v) is 8.11. The standard InChI is InChI=1S/C20H32O2/c1-12(2)14-8-9-18(4)11-20-17(13(3)6-7-15(14)18)16(21)10-19(20,5)22-20/h12-15,17H,6-11H2,1-5H3/t13-,14+,15+,17-,18-,19-,20+/m0/s1. The van der Waals surface area contributed by atoms with Crippen molar-refractivity contribution in [1.82, 2.24) is 0 Å². The molecular weight excluding hydrogens is 272 g/mol. The average molecular weight is 304 g/mol. The van der Waals surface area contributed by atoms with Crippen molar-refractivity contribution in [3.05, 3.63) is 0 Å². The van der Waals surface area contributed by atoms with Crippen LogP contribution in [0.1, 0.15) is 73.1 Å². The molecule has 0 radical (unpaired) electrons. The fourth-order valence-electron chi connectivity index (χ4n) is 6.96. The number of carbonyl (C=O) groups excluding carboxylic acids is 1. The molecule has 0 aromatic rings. The molecule has 0 aromatic heterocycles. The Bertz CT molecular complexity index is 512. The Morgan fingerprint density at radius 3 is 2.59 bits per heavy atom. The highest BCUT2D eigenvalue weighted by atomic mass is 16.6. The molecule has 0 unspecified atom stereocenters. The Balaban J connectivity index is 1.71. The molecule has 0 aromatic carbocycles. The van der Waals surface area contributed by atoms with Gasteiger partial charge in [0.1, 0.15) is 17.0 Å². The molecule has 2 nitrogen and oxygen atoms in total. The molecule has 0 bridgehead atoms. The number of hydrogen-bond donors (Lipinski definition) is 0. The number of hydrogen-bond acceptors (Lipinski definition) is 2. The van der Waals surface area contributed by atoms with Gasteiger partial charge in [-0.3, -0.25) is 4.79 Å². The second-order valence-corrected chi connectivity index (χ2v) is 9.78. The molecule has 4 fully saturated rings. The van der Waals surface area contributed by atoms with E-state index in [9.17, 15) is 4.79 Å². The third kappa shape index (κ3) is 1.74. The summed E-state index contributed by atoms with van der Waals surface area (Å²) in [5, 5.41) is 0. The van der Waals surface area contributed by atoms with Crippen LogP contribution in [0, 0.1) is 35.0 Å². The molecule has 0 amide bonds. The molecule has 1 spiro atoms. The summed E-state index contributed by atoms with van der Waals surface area (Å²) in [6, 6.07) is 0. The van der Waals surface area contributed by atoms with E-state index in [0.29, 0.717) is 23.5 Å². The lowest BCUT2D eigenvalue weighted by atomic mass is 9.61. The van der Waals surface area contributed by atoms with Crippen LogP contribution >= 0.6 is 0 Å². The largest absolute Gasteiger partial charge is 0.362 e. The summed E-state index contributed by atoms with van der Waals surface area (Å²) in [5.41, 5.74) is 0.141. The zero-order valence-corrected chi connectivity index (χ0v) is 14.9. The molecule has 3 saturated carbocycles. The van der Waals surface area contributed by atoms with Gasteiger partial charge in [0, 0.05) is 6.42 Å². The molecule has 4 aliphatic rings. The van der Waals surface area contributed by atoms with Crippen LogP contribution in [0.15, 0.2) is 0 Å². The van der Waals surface area contributed by atoms with Crippen LogP contribution in [0.4, 0.5) is 0 Å². The van der Waals surface area contributed by atoms with Crippen molar-refractivity contribution in [2.75, 3.05) is 0 Å². The average Bonchev–Trinajstić information content (AvgIpc) is 2.69. The fourth-order valence-corrected chi connectivity index (χ4v) is 6.96. The van der Waals surface area contributed by atoms with E-state index in [1.165, 1.54) is 25.7 Å². The number of ketones is 1. The molecule has 7 atom stereocenters. The number of fused-ring (bicyclic) bond motifs is 1. The first-order valence-corrected chi connectivity index (χ1v) is 9.45. The van der Waals surface area contributed by atoms with E-state index >= 15 is 0 Å². The van der Waals surface area contributed by atoms with Gasteiger partial charge in [0.05, 0.1) is 5.92 Å². The van der Waals surface area contributed by atoms with Crippen molar-refractivity contribution >= 4 is 5.78 Å². The Hall–Kier alpha value is -0.370. The van der Waals surface area contributed by atoms with Crippen LogP contribution in [0.25, 0.3) is 0 Å². The van der Waals surface area contributed by atoms with Crippen molar-refractivity contribution < 1.29 is 9.53 Å². The second-order valence-electron chi connectivity index (χ2n) is 9.78. The van der Waals surface area contributed by atoms with Gasteiger partial charge in [-0.15, -0.1) is 0 Å². The van der Waals surface area contributed by atoms with Crippen LogP contribution in [-0.2, 0) is 9.53 Å². The molecule has 4 rings (SSSR count). The first-order valence-electron chi connectivity index (χ1n) is 9.45. The highest BCUT2D eigenvalue weighted by Gasteiger charge is 2.79. The summed E-state index contributed by atoms with van der Waals surface area (Å²) in [6.45, 7) is 11.8. The molecule has 0 N–H and O–H groups in total. The Kier molecular flexibility index (Phi) is 3.02. The Morgan fingerprint density at radius 2 is 1.91 bits per heavy atom. The topological polar surface area (TPSA) is 29.6 Å². The predicted molar refractivity (Wildman–Crippen MR) is 87.5 cm³/mol. The first kappa shape index (κ1) is 15.2. The predicted octanol–water partition coefficient (Wildman–Crippen LogP) is 4.61. The van der Waals surface area contributed by atoms with Gasteiger partial charge in [0.2, 0.25) is 0 Å². The van der Waals surface area contributed by atoms with Gasteiger partial charge in [0.25, 0.3) is 0 Å². The SMILES string of the molecule is CC(C)[C@H]1CC[C@@]2(C)C[C@]34O[C@@]3(C)CC(=O)[C@@H]4[C@@H](C)CC[C@H]12. The van der Waals surface area contributed by atoms with Crippen molar-refractivity contribution in [2.45, 2.75) is 84.3 Å². The van der Waals surface area contributed by atoms with Gasteiger partial charge in [-0.05, 0) is 68.1 Å². The van der Waals surface area contributed by atoms with Gasteiger partial charge in [-0.25, -0.2) is 0 Å². The molecule has 124 valence electrons. The second kappa shape index (κ2) is 4.37. The quantitative estimate of drug-likeness (QED) is 0.662. The van der Waals surface area contributed by atoms with Crippen molar-refractivity contribution in [1.29, 1.82) is 0 Å². The number of ether oxygens (including phenoxy) is 1. The summed E-state index contributed by atoms with van der Waals surface area (Å²) in [6.07, 6.45) is 7.02. The van der Waals surface area contributed by atoms with Crippen LogP contribution < -0.4 is 0 Å². The van der Waals surface area contributed by atoms with E-state index in [0.717, 1.165) is 24.2 Å². The van der Waals surface area contributed by atoms with Crippen molar-refractivity contribution in [3.8, 4) is 0 Å². The molecule has 1 heterocycles. The maximum atomic E-state index is 12.6. The van der Waals surface area contributed by atoms with Crippen molar-refractivity contribution in [3.63, 3.8) is 0 Å². The minimum atomic E-state index is -0.135. The fraction of sp³-hybridized carbons (Fsp3) is 0.950. The Morgan fingerprint density at radius 1 is 1.18 bits per heavy atom. The maximum absolute atomic E-state index is 12.6. The van der Waals surface area contributed by atoms with Gasteiger partial charge < -0.3 is 4.74 Å². The monoisotopic (exact) mass is 304 g/mol. The molecule has 3 aliphatic carbocycles. The van der Waals surface area contributed by atoms with Crippen LogP contribution in [0.2, 0.25) is 0 Å². The van der Waals surface area contributed by atoms with Crippen LogP contribution in [0.3, 0.4) is 0 Å². The van der Waals surface area contributed by atoms with Gasteiger partial charge in [-0.1, -0.05) is 27.7 Å². The molecular formula is C20H32O2. The number of rotatable bonds is 1. The highest BCUT2D eigenvalue weighted by Crippen LogP contribution is 2.70. The number of carbonyl (C=O) groups is 1. The molecule has 1 saturated heterocycles. The minimum Gasteiger partial charge on any atom is -0.362 e. The minimum absolute atomic E-state index is 0.108. The summed E-state index contributed by atoms with van der Waals surface area (Å²) in [4.78, 5) is 12.6. The van der Waals surface area contributed by atoms with Gasteiger partial charge in [0.15, 0.2) is 0 Å². The lowest BCUT2D eigenvalue weighted by molar-refractivity contribution is -0.128. The number of Topliss-reactive ketones (excluding diaryl/α,β-unsaturated/α-hetero) is 1. The third-order valence-electron chi connectivity index (χ3n) is 8.11. The van der Waals surface area contributed by atoms with Crippen molar-refractivity contribution in [2.24, 2.45) is 35.0 Å². The summed E-state index contributed by atoms with van der Waals surface area (Å²) >= 11 is 0. The van der Waals surface area contributed by atoms with E-state index in [-0.39, 0.29) is 17.1 Å². The van der Waals surface area contributed by atoms with E-state index in [1.807, 2.05) is 0 Å². The zero-order valence-electron chi connectivity index (χ0n) is 14.9. The van der Waals surface area contributed by atoms with Gasteiger partial charge in [-0.2, -0.15) is 0 Å². The van der Waals surface area contributed by atoms with E-state index in [1.54, 1.807) is 0 Å². The molecule has 1 aliphatic heterocycles. The first-order chi connectivity index (χ1) is 10.2. The molecule has 22 heavy (non-hydrogen) atoms. The van der Waals surface area contributed by atoms with Crippen LogP contribution in [0.5, 0.6) is 0 Å². The normalized spacial score (nSPS) is 57.1.